The number of thiazole rings is 1. The number of aliphatic hydroxyl groups excluding tert-OH is 1. The Kier molecular flexibility index (Phi) is 10.4. The van der Waals surface area contributed by atoms with Crippen molar-refractivity contribution in [2.75, 3.05) is 13.2 Å². The van der Waals surface area contributed by atoms with Crippen LogP contribution in [0.4, 0.5) is 0 Å². The van der Waals surface area contributed by atoms with Crippen molar-refractivity contribution in [3.8, 4) is 16.7 Å². The number of nitrogens with zero attached hydrogens (tertiary/aromatic N) is 1. The average molecular weight is 515 g/mol. The summed E-state index contributed by atoms with van der Waals surface area (Å²) in [6, 6.07) is 11.0. The summed E-state index contributed by atoms with van der Waals surface area (Å²) in [4.78, 5) is 3.87. The summed E-state index contributed by atoms with van der Waals surface area (Å²) in [5.74, 6) is 0.867. The number of fused-ring (bicyclic) bond motifs is 1. The number of phenolic OH excluding ortho intramolecular Hbond substituents is 1. The molecule has 3 rings (SSSR count). The van der Waals surface area contributed by atoms with Gasteiger partial charge in [0.05, 0.1) is 22.9 Å². The monoisotopic (exact) mass is 514 g/mol. The van der Waals surface area contributed by atoms with Gasteiger partial charge in [0.25, 0.3) is 0 Å². The summed E-state index contributed by atoms with van der Waals surface area (Å²) in [7, 11) is 0. The molecule has 3 aromatic rings. The summed E-state index contributed by atoms with van der Waals surface area (Å²) >= 11 is 0.983. The Morgan fingerprint density at radius 2 is 1.94 bits per heavy atom. The number of aromatic hydroxyl groups is 1. The van der Waals surface area contributed by atoms with Gasteiger partial charge in [0.15, 0.2) is 0 Å². The van der Waals surface area contributed by atoms with Crippen LogP contribution in [0.3, 0.4) is 0 Å². The first-order valence-electron chi connectivity index (χ1n) is 10.2. The van der Waals surface area contributed by atoms with Gasteiger partial charge in [-0.05, 0) is 50.5 Å². The minimum absolute atomic E-state index is 0. The molecule has 0 aliphatic carbocycles. The zero-order valence-corrected chi connectivity index (χ0v) is 24.4. The number of phenols is 1. The minimum Gasteiger partial charge on any atom is -0.851 e. The number of hydrogen-bond donors (Lipinski definition) is 3. The molecular formula is C23H29N2O4RbS. The van der Waals surface area contributed by atoms with E-state index in [0.717, 1.165) is 43.0 Å². The van der Waals surface area contributed by atoms with Gasteiger partial charge in [0.1, 0.15) is 11.5 Å². The van der Waals surface area contributed by atoms with E-state index >= 15 is 0 Å². The summed E-state index contributed by atoms with van der Waals surface area (Å²) < 4.78 is 6.32. The van der Waals surface area contributed by atoms with Crippen LogP contribution in [0, 0.1) is 0 Å². The number of hydrogen-bond acceptors (Lipinski definition) is 7. The summed E-state index contributed by atoms with van der Waals surface area (Å²) in [6.45, 7) is 7.31. The topological polar surface area (TPSA) is 97.7 Å². The van der Waals surface area contributed by atoms with Gasteiger partial charge in [0, 0.05) is 28.9 Å². The van der Waals surface area contributed by atoms with Crippen LogP contribution in [0.5, 0.6) is 16.7 Å². The molecule has 1 unspecified atom stereocenters. The predicted octanol–water partition coefficient (Wildman–Crippen LogP) is 0.903. The average Bonchev–Trinajstić information content (AvgIpc) is 3.06. The van der Waals surface area contributed by atoms with E-state index in [-0.39, 0.29) is 81.2 Å². The van der Waals surface area contributed by atoms with Crippen molar-refractivity contribution in [2.45, 2.75) is 51.7 Å². The fourth-order valence-electron chi connectivity index (χ4n) is 3.36. The van der Waals surface area contributed by atoms with Crippen LogP contribution in [-0.4, -0.2) is 33.9 Å². The quantitative estimate of drug-likeness (QED) is 0.348. The Balaban J connectivity index is 0.00000341. The fraction of sp³-hybridized carbons (Fsp3) is 0.435. The van der Waals surface area contributed by atoms with Crippen LogP contribution in [0.1, 0.15) is 50.8 Å². The Hall–Kier alpha value is -0.545. The SMILES string of the molecule is CCCCOc1ccc(CC(C)(C)NCC(O)c2cc(O)cc3nc([O-])sc23)cc1.[Rb+]. The maximum atomic E-state index is 11.6. The van der Waals surface area contributed by atoms with Crippen molar-refractivity contribution in [2.24, 2.45) is 0 Å². The minimum atomic E-state index is -0.868. The van der Waals surface area contributed by atoms with Crippen LogP contribution in [0.15, 0.2) is 36.4 Å². The Labute approximate surface area is 236 Å². The Morgan fingerprint density at radius 1 is 1.23 bits per heavy atom. The standard InChI is InChI=1S/C23H30N2O4S.Rb/c1-4-5-10-29-17-8-6-15(7-9-17)13-23(2,3)24-14-20(27)18-11-16(26)12-19-21(18)30-22(28)25-19;/h6-9,11-12,20,24,26-27H,4-5,10,13-14H2,1-3H3,(H,25,28);/q;+1/p-1. The van der Waals surface area contributed by atoms with Crippen molar-refractivity contribution >= 4 is 21.6 Å². The molecule has 6 nitrogen and oxygen atoms in total. The van der Waals surface area contributed by atoms with Crippen molar-refractivity contribution in [3.63, 3.8) is 0 Å². The molecule has 1 aromatic heterocycles. The molecule has 0 fully saturated rings. The van der Waals surface area contributed by atoms with Gasteiger partial charge in [0.2, 0.25) is 0 Å². The number of unbranched alkanes of at least 4 members (excludes halogenated alkanes) is 1. The molecule has 0 radical (unpaired) electrons. The van der Waals surface area contributed by atoms with E-state index in [1.807, 2.05) is 12.1 Å². The van der Waals surface area contributed by atoms with E-state index in [0.29, 0.717) is 15.8 Å². The molecule has 1 heterocycles. The fourth-order valence-corrected chi connectivity index (χ4v) is 4.20. The van der Waals surface area contributed by atoms with Crippen molar-refractivity contribution in [3.05, 3.63) is 47.5 Å². The third-order valence-corrected chi connectivity index (χ3v) is 5.87. The second-order valence-corrected chi connectivity index (χ2v) is 9.13. The van der Waals surface area contributed by atoms with E-state index in [4.69, 9.17) is 4.74 Å². The first kappa shape index (κ1) is 26.7. The molecule has 0 aliphatic rings. The Bertz CT molecular complexity index is 976. The van der Waals surface area contributed by atoms with Crippen LogP contribution in [0.25, 0.3) is 10.2 Å². The molecular weight excluding hydrogens is 486 g/mol. The molecule has 0 aliphatic heterocycles. The normalized spacial score (nSPS) is 12.5. The molecule has 8 heteroatoms. The van der Waals surface area contributed by atoms with E-state index in [1.165, 1.54) is 17.7 Å². The predicted molar refractivity (Wildman–Crippen MR) is 118 cm³/mol. The van der Waals surface area contributed by atoms with Gasteiger partial charge in [-0.2, -0.15) is 0 Å². The first-order chi connectivity index (χ1) is 14.3. The number of β-amino-alcohol motifs (C(OH)–C–C–N with tert-alkyl or cyclic N) is 1. The number of benzene rings is 2. The van der Waals surface area contributed by atoms with Gasteiger partial charge in [-0.1, -0.05) is 25.5 Å². The number of rotatable bonds is 10. The van der Waals surface area contributed by atoms with Gasteiger partial charge >= 0.3 is 58.2 Å². The van der Waals surface area contributed by atoms with E-state index in [1.54, 1.807) is 0 Å². The molecule has 3 N–H and O–H groups in total. The third kappa shape index (κ3) is 7.77. The first-order valence-corrected chi connectivity index (χ1v) is 11.0. The molecule has 0 spiro atoms. The molecule has 0 bridgehead atoms. The molecule has 31 heavy (non-hydrogen) atoms. The van der Waals surface area contributed by atoms with Crippen molar-refractivity contribution in [1.82, 2.24) is 10.3 Å². The van der Waals surface area contributed by atoms with E-state index in [2.05, 4.69) is 43.2 Å². The molecule has 2 aromatic carbocycles. The summed E-state index contributed by atoms with van der Waals surface area (Å²) in [5, 5.41) is 35.3. The van der Waals surface area contributed by atoms with Crippen LogP contribution in [-0.2, 0) is 6.42 Å². The van der Waals surface area contributed by atoms with Gasteiger partial charge in [-0.25, -0.2) is 0 Å². The smallest absolute Gasteiger partial charge is 0.851 e. The van der Waals surface area contributed by atoms with Gasteiger partial charge < -0.3 is 25.4 Å². The van der Waals surface area contributed by atoms with Crippen molar-refractivity contribution in [1.29, 1.82) is 0 Å². The van der Waals surface area contributed by atoms with Crippen LogP contribution < -0.4 is 73.3 Å². The van der Waals surface area contributed by atoms with E-state index in [9.17, 15) is 15.3 Å². The zero-order chi connectivity index (χ0) is 21.7. The maximum Gasteiger partial charge on any atom is 1.00 e. The van der Waals surface area contributed by atoms with Crippen LogP contribution in [0.2, 0.25) is 0 Å². The Morgan fingerprint density at radius 3 is 2.61 bits per heavy atom. The summed E-state index contributed by atoms with van der Waals surface area (Å²) in [6.07, 6.45) is 2.06. The third-order valence-electron chi connectivity index (χ3n) is 4.95. The number of nitrogens with one attached hydrogen (secondary N) is 1. The molecule has 0 saturated carbocycles. The van der Waals surface area contributed by atoms with Gasteiger partial charge in [-0.3, -0.25) is 4.98 Å². The number of aromatic nitrogens is 1. The largest absolute Gasteiger partial charge is 1.00 e. The molecule has 162 valence electrons. The zero-order valence-electron chi connectivity index (χ0n) is 18.6. The molecule has 0 saturated heterocycles. The van der Waals surface area contributed by atoms with E-state index < -0.39 is 6.10 Å². The van der Waals surface area contributed by atoms with Crippen molar-refractivity contribution < 1.29 is 78.2 Å². The van der Waals surface area contributed by atoms with Gasteiger partial charge in [-0.15, -0.1) is 11.3 Å². The number of ether oxygens (including phenoxy) is 1. The number of aliphatic hydroxyl groups is 1. The van der Waals surface area contributed by atoms with Crippen LogP contribution >= 0.6 is 11.3 Å². The summed E-state index contributed by atoms with van der Waals surface area (Å²) in [5.41, 5.74) is 1.84. The second kappa shape index (κ2) is 12.1. The maximum absolute atomic E-state index is 11.6. The second-order valence-electron chi connectivity index (χ2n) is 8.17. The molecule has 0 amide bonds. The molecule has 1 atom stereocenters.